The van der Waals surface area contributed by atoms with E-state index in [4.69, 9.17) is 21.1 Å². The maximum Gasteiger partial charge on any atom is 0.266 e. The number of hydrogen-bond acceptors (Lipinski definition) is 5. The van der Waals surface area contributed by atoms with Crippen LogP contribution in [0.4, 0.5) is 4.39 Å². The Bertz CT molecular complexity index is 1390. The molecule has 0 saturated heterocycles. The summed E-state index contributed by atoms with van der Waals surface area (Å²) in [6, 6.07) is 8.19. The molecule has 35 heavy (non-hydrogen) atoms. The third kappa shape index (κ3) is 4.10. The van der Waals surface area contributed by atoms with E-state index in [2.05, 4.69) is 0 Å². The number of fused-ring (bicyclic) bond motifs is 3. The molecule has 0 unspecified atom stereocenters. The number of halogens is 2. The highest BCUT2D eigenvalue weighted by Gasteiger charge is 2.33. The smallest absolute Gasteiger partial charge is 0.266 e. The van der Waals surface area contributed by atoms with Crippen LogP contribution in [-0.4, -0.2) is 42.4 Å². The first-order valence-corrected chi connectivity index (χ1v) is 13.0. The van der Waals surface area contributed by atoms with Crippen LogP contribution in [0.3, 0.4) is 0 Å². The summed E-state index contributed by atoms with van der Waals surface area (Å²) in [5, 5.41) is 1.01. The molecule has 0 bridgehead atoms. The normalized spacial score (nSPS) is 17.4. The molecule has 180 valence electrons. The number of thiophene rings is 1. The summed E-state index contributed by atoms with van der Waals surface area (Å²) in [6.07, 6.45) is 5.99. The van der Waals surface area contributed by atoms with Gasteiger partial charge in [0.25, 0.3) is 5.91 Å². The molecule has 0 atom stereocenters. The van der Waals surface area contributed by atoms with E-state index in [1.54, 1.807) is 11.0 Å². The summed E-state index contributed by atoms with van der Waals surface area (Å²) in [4.78, 5) is 29.1. The van der Waals surface area contributed by atoms with E-state index in [1.165, 1.54) is 23.5 Å². The third-order valence-corrected chi connectivity index (χ3v) is 8.64. The van der Waals surface area contributed by atoms with Gasteiger partial charge in [0, 0.05) is 34.7 Å². The fraction of sp³-hybridized carbons (Fsp3) is 0.333. The Kier molecular flexibility index (Phi) is 5.77. The Labute approximate surface area is 211 Å². The van der Waals surface area contributed by atoms with Crippen molar-refractivity contribution in [2.75, 3.05) is 19.8 Å². The monoisotopic (exact) mass is 511 g/mol. The molecule has 6 rings (SSSR count). The Balaban J connectivity index is 1.35. The number of benzene rings is 2. The van der Waals surface area contributed by atoms with Gasteiger partial charge in [-0.15, -0.1) is 11.3 Å². The zero-order valence-corrected chi connectivity index (χ0v) is 20.5. The quantitative estimate of drug-likeness (QED) is 0.427. The standard InChI is InChI=1S/C27H23ClFNO4S/c28-25-20-6-5-18(29)13-24(20)35-26(25)27(32)30(19-3-1-2-4-19)14-17-9-15-11-22-23(34-8-7-33-22)12-16(15)10-21(17)31/h5-6,9,11-13,19H,1-4,7-8,10,14H2. The lowest BCUT2D eigenvalue weighted by Crippen LogP contribution is -2.41. The number of Topliss-reactive ketones (excluding diaryl/α,β-unsaturated/α-hetero) is 1. The van der Waals surface area contributed by atoms with Crippen LogP contribution in [-0.2, 0) is 11.2 Å². The maximum atomic E-state index is 13.8. The SMILES string of the molecule is O=C1Cc2cc3c(cc2C=C1CN(C(=O)c1sc2cc(F)ccc2c1Cl)C1CCCC1)OCCO3. The van der Waals surface area contributed by atoms with E-state index in [0.717, 1.165) is 36.8 Å². The number of ketones is 1. The largest absolute Gasteiger partial charge is 0.486 e. The van der Waals surface area contributed by atoms with E-state index in [0.29, 0.717) is 50.3 Å². The number of nitrogens with zero attached hydrogens (tertiary/aromatic N) is 1. The van der Waals surface area contributed by atoms with Crippen LogP contribution in [0.1, 0.15) is 46.5 Å². The molecule has 2 aliphatic carbocycles. The molecule has 1 saturated carbocycles. The molecule has 1 aliphatic heterocycles. The van der Waals surface area contributed by atoms with Crippen molar-refractivity contribution in [2.45, 2.75) is 38.1 Å². The first-order chi connectivity index (χ1) is 17.0. The number of amides is 1. The van der Waals surface area contributed by atoms with E-state index in [1.807, 2.05) is 18.2 Å². The molecule has 2 aromatic carbocycles. The van der Waals surface area contributed by atoms with Crippen molar-refractivity contribution in [1.82, 2.24) is 4.90 Å². The lowest BCUT2D eigenvalue weighted by atomic mass is 9.90. The van der Waals surface area contributed by atoms with Gasteiger partial charge in [-0.2, -0.15) is 0 Å². The Morgan fingerprint density at radius 1 is 1.11 bits per heavy atom. The van der Waals surface area contributed by atoms with Crippen LogP contribution < -0.4 is 9.47 Å². The molecule has 5 nitrogen and oxygen atoms in total. The zero-order chi connectivity index (χ0) is 24.1. The van der Waals surface area contributed by atoms with Crippen LogP contribution in [0.2, 0.25) is 5.02 Å². The van der Waals surface area contributed by atoms with Gasteiger partial charge in [-0.25, -0.2) is 4.39 Å². The highest BCUT2D eigenvalue weighted by atomic mass is 35.5. The minimum Gasteiger partial charge on any atom is -0.486 e. The molecule has 0 radical (unpaired) electrons. The predicted molar refractivity (Wildman–Crippen MR) is 134 cm³/mol. The van der Waals surface area contributed by atoms with Crippen molar-refractivity contribution in [2.24, 2.45) is 0 Å². The van der Waals surface area contributed by atoms with Crippen molar-refractivity contribution in [3.8, 4) is 11.5 Å². The lowest BCUT2D eigenvalue weighted by molar-refractivity contribution is -0.115. The Hall–Kier alpha value is -2.90. The summed E-state index contributed by atoms with van der Waals surface area (Å²) in [7, 11) is 0. The minimum absolute atomic E-state index is 0.00511. The van der Waals surface area contributed by atoms with E-state index in [9.17, 15) is 14.0 Å². The number of rotatable bonds is 4. The van der Waals surface area contributed by atoms with E-state index >= 15 is 0 Å². The molecular weight excluding hydrogens is 489 g/mol. The molecule has 1 aromatic heterocycles. The number of ether oxygens (including phenoxy) is 2. The van der Waals surface area contributed by atoms with Crippen molar-refractivity contribution in [3.05, 3.63) is 62.7 Å². The van der Waals surface area contributed by atoms with Crippen molar-refractivity contribution in [1.29, 1.82) is 0 Å². The summed E-state index contributed by atoms with van der Waals surface area (Å²) < 4.78 is 25.8. The second-order valence-electron chi connectivity index (χ2n) is 9.22. The summed E-state index contributed by atoms with van der Waals surface area (Å²) in [6.45, 7) is 1.20. The molecule has 0 N–H and O–H groups in total. The third-order valence-electron chi connectivity index (χ3n) is 7.00. The van der Waals surface area contributed by atoms with Crippen LogP contribution >= 0.6 is 22.9 Å². The zero-order valence-electron chi connectivity index (χ0n) is 18.9. The molecule has 2 heterocycles. The second-order valence-corrected chi connectivity index (χ2v) is 10.7. The Morgan fingerprint density at radius 3 is 2.63 bits per heavy atom. The first-order valence-electron chi connectivity index (χ1n) is 11.8. The van der Waals surface area contributed by atoms with Crippen LogP contribution in [0.25, 0.3) is 16.2 Å². The summed E-state index contributed by atoms with van der Waals surface area (Å²) in [5.74, 6) is 0.765. The average Bonchev–Trinajstić information content (AvgIpc) is 3.49. The van der Waals surface area contributed by atoms with Gasteiger partial charge < -0.3 is 14.4 Å². The summed E-state index contributed by atoms with van der Waals surface area (Å²) in [5.41, 5.74) is 2.41. The van der Waals surface area contributed by atoms with E-state index < -0.39 is 0 Å². The fourth-order valence-corrected chi connectivity index (χ4v) is 6.69. The van der Waals surface area contributed by atoms with Crippen molar-refractivity contribution in [3.63, 3.8) is 0 Å². The highest BCUT2D eigenvalue weighted by molar-refractivity contribution is 7.21. The van der Waals surface area contributed by atoms with Gasteiger partial charge in [-0.1, -0.05) is 24.4 Å². The van der Waals surface area contributed by atoms with Gasteiger partial charge in [0.15, 0.2) is 17.3 Å². The molecule has 1 amide bonds. The fourth-order valence-electron chi connectivity index (χ4n) is 5.20. The minimum atomic E-state index is -0.366. The topological polar surface area (TPSA) is 55.8 Å². The predicted octanol–water partition coefficient (Wildman–Crippen LogP) is 6.06. The van der Waals surface area contributed by atoms with Gasteiger partial charge in [0.1, 0.15) is 23.9 Å². The van der Waals surface area contributed by atoms with Gasteiger partial charge in [-0.05, 0) is 60.4 Å². The molecule has 3 aromatic rings. The highest BCUT2D eigenvalue weighted by Crippen LogP contribution is 2.39. The van der Waals surface area contributed by atoms with E-state index in [-0.39, 0.29) is 36.5 Å². The first kappa shape index (κ1) is 22.6. The van der Waals surface area contributed by atoms with Crippen molar-refractivity contribution >= 4 is 50.8 Å². The lowest BCUT2D eigenvalue weighted by Gasteiger charge is -2.31. The van der Waals surface area contributed by atoms with Gasteiger partial charge in [-0.3, -0.25) is 9.59 Å². The van der Waals surface area contributed by atoms with Crippen LogP contribution in [0, 0.1) is 5.82 Å². The Morgan fingerprint density at radius 2 is 1.86 bits per heavy atom. The summed E-state index contributed by atoms with van der Waals surface area (Å²) >= 11 is 7.80. The number of carbonyl (C=O) groups is 2. The second kappa shape index (κ2) is 8.95. The molecule has 8 heteroatoms. The van der Waals surface area contributed by atoms with Gasteiger partial charge in [0.2, 0.25) is 0 Å². The van der Waals surface area contributed by atoms with Crippen molar-refractivity contribution < 1.29 is 23.5 Å². The maximum absolute atomic E-state index is 13.8. The molecule has 1 fully saturated rings. The van der Waals surface area contributed by atoms with Crippen LogP contribution in [0.15, 0.2) is 35.9 Å². The molecule has 0 spiro atoms. The average molecular weight is 512 g/mol. The number of hydrogen-bond donors (Lipinski definition) is 0. The van der Waals surface area contributed by atoms with Gasteiger partial charge >= 0.3 is 0 Å². The molecule has 3 aliphatic rings. The number of carbonyl (C=O) groups excluding carboxylic acids is 2. The van der Waals surface area contributed by atoms with Gasteiger partial charge in [0.05, 0.1) is 5.02 Å². The molecular formula is C27H23ClFNO4S. The van der Waals surface area contributed by atoms with Crippen LogP contribution in [0.5, 0.6) is 11.5 Å².